The molecule has 3 aliphatic rings. The van der Waals surface area contributed by atoms with Crippen molar-refractivity contribution in [2.24, 2.45) is 39.9 Å². The third kappa shape index (κ3) is 5.43. The third-order valence-corrected chi connectivity index (χ3v) is 9.30. The Morgan fingerprint density at radius 1 is 0.867 bits per heavy atom. The maximum atomic E-state index is 4.01. The van der Waals surface area contributed by atoms with Crippen LogP contribution in [0.5, 0.6) is 0 Å². The monoisotopic (exact) mass is 412 g/mol. The molecule has 172 valence electrons. The van der Waals surface area contributed by atoms with E-state index in [1.807, 2.05) is 13.0 Å². The lowest BCUT2D eigenvalue weighted by atomic mass is 9.54. The molecule has 0 heterocycles. The van der Waals surface area contributed by atoms with Crippen LogP contribution in [0.4, 0.5) is 0 Å². The summed E-state index contributed by atoms with van der Waals surface area (Å²) in [5, 5.41) is 0. The highest BCUT2D eigenvalue weighted by atomic mass is 14.5. The Balaban J connectivity index is 0.000000226. The summed E-state index contributed by atoms with van der Waals surface area (Å²) in [7, 11) is 0. The van der Waals surface area contributed by atoms with Gasteiger partial charge in [-0.3, -0.25) is 0 Å². The Morgan fingerprint density at radius 2 is 1.37 bits per heavy atom. The predicted octanol–water partition coefficient (Wildman–Crippen LogP) is 9.79. The molecule has 3 saturated carbocycles. The topological polar surface area (TPSA) is 0 Å². The van der Waals surface area contributed by atoms with Crippen LogP contribution in [0.1, 0.15) is 108 Å². The van der Waals surface area contributed by atoms with Crippen LogP contribution < -0.4 is 0 Å². The SMILES string of the molecule is C=C1CC(CC)C1(C)C.C=CC1CC(CC)C1(C)C.CC=C=C1CC(CC)C1(C)C. The van der Waals surface area contributed by atoms with Crippen molar-refractivity contribution in [1.82, 2.24) is 0 Å². The van der Waals surface area contributed by atoms with E-state index in [1.54, 1.807) is 0 Å². The van der Waals surface area contributed by atoms with Crippen LogP contribution in [0.25, 0.3) is 0 Å². The number of rotatable bonds is 4. The van der Waals surface area contributed by atoms with Gasteiger partial charge in [-0.15, -0.1) is 12.3 Å². The fourth-order valence-electron chi connectivity index (χ4n) is 5.73. The summed E-state index contributed by atoms with van der Waals surface area (Å²) in [6.45, 7) is 30.7. The van der Waals surface area contributed by atoms with E-state index < -0.39 is 0 Å². The molecule has 4 unspecified atom stereocenters. The van der Waals surface area contributed by atoms with E-state index in [-0.39, 0.29) is 0 Å². The van der Waals surface area contributed by atoms with Crippen LogP contribution in [-0.2, 0) is 0 Å². The van der Waals surface area contributed by atoms with Gasteiger partial charge < -0.3 is 0 Å². The minimum Gasteiger partial charge on any atom is -0.126 e. The van der Waals surface area contributed by atoms with Gasteiger partial charge in [-0.05, 0) is 77.8 Å². The van der Waals surface area contributed by atoms with Crippen molar-refractivity contribution in [1.29, 1.82) is 0 Å². The first-order valence-corrected chi connectivity index (χ1v) is 12.6. The molecule has 30 heavy (non-hydrogen) atoms. The van der Waals surface area contributed by atoms with Crippen LogP contribution in [0.2, 0.25) is 0 Å². The van der Waals surface area contributed by atoms with E-state index in [9.17, 15) is 0 Å². The predicted molar refractivity (Wildman–Crippen MR) is 137 cm³/mol. The smallest absolute Gasteiger partial charge is 0.00374 e. The standard InChI is InChI=1S/C11H18.C10H18.C9H16/c1-5-7-10-8-9(6-2)11(10,3)4;1-5-8-7-9(6-2)10(8,3)4;1-5-8-6-7(2)9(8,3)4/h5,9H,6,8H2,1-4H3;5,8-9H,1,6-7H2,2-4H3;8H,2,5-6H2,1,3-4H3. The van der Waals surface area contributed by atoms with Crippen LogP contribution in [-0.4, -0.2) is 0 Å². The zero-order chi connectivity index (χ0) is 23.3. The van der Waals surface area contributed by atoms with Gasteiger partial charge in [0.1, 0.15) is 0 Å². The maximum absolute atomic E-state index is 4.01. The van der Waals surface area contributed by atoms with Gasteiger partial charge in [0.15, 0.2) is 0 Å². The number of hydrogen-bond donors (Lipinski definition) is 0. The minimum atomic E-state index is 0.432. The zero-order valence-electron chi connectivity index (χ0n) is 22.1. The van der Waals surface area contributed by atoms with Crippen molar-refractivity contribution in [3.63, 3.8) is 0 Å². The molecule has 0 saturated heterocycles. The van der Waals surface area contributed by atoms with Crippen LogP contribution in [0.3, 0.4) is 0 Å². The molecule has 0 spiro atoms. The van der Waals surface area contributed by atoms with E-state index in [4.69, 9.17) is 0 Å². The Morgan fingerprint density at radius 3 is 1.63 bits per heavy atom. The molecule has 3 rings (SSSR count). The van der Waals surface area contributed by atoms with E-state index in [2.05, 4.69) is 87.3 Å². The van der Waals surface area contributed by atoms with Gasteiger partial charge in [0.25, 0.3) is 0 Å². The summed E-state index contributed by atoms with van der Waals surface area (Å²) >= 11 is 0. The van der Waals surface area contributed by atoms with Crippen LogP contribution >= 0.6 is 0 Å². The van der Waals surface area contributed by atoms with Gasteiger partial charge in [-0.25, -0.2) is 0 Å². The first kappa shape index (κ1) is 27.0. The summed E-state index contributed by atoms with van der Waals surface area (Å²) < 4.78 is 0. The second-order valence-electron chi connectivity index (χ2n) is 11.6. The first-order chi connectivity index (χ1) is 13.8. The van der Waals surface area contributed by atoms with E-state index in [1.165, 1.54) is 49.7 Å². The van der Waals surface area contributed by atoms with Gasteiger partial charge in [-0.1, -0.05) is 99.8 Å². The van der Waals surface area contributed by atoms with Crippen molar-refractivity contribution in [3.05, 3.63) is 42.2 Å². The van der Waals surface area contributed by atoms with Crippen molar-refractivity contribution < 1.29 is 0 Å². The highest BCUT2D eigenvalue weighted by molar-refractivity contribution is 5.23. The third-order valence-electron chi connectivity index (χ3n) is 9.30. The molecule has 4 atom stereocenters. The lowest BCUT2D eigenvalue weighted by Crippen LogP contribution is -2.43. The zero-order valence-corrected chi connectivity index (χ0v) is 22.1. The highest BCUT2D eigenvalue weighted by Gasteiger charge is 2.44. The molecule has 0 aromatic rings. The molecule has 3 fully saturated rings. The summed E-state index contributed by atoms with van der Waals surface area (Å²) in [5.74, 6) is 3.52. The van der Waals surface area contributed by atoms with E-state index in [0.29, 0.717) is 16.2 Å². The minimum absolute atomic E-state index is 0.432. The van der Waals surface area contributed by atoms with Crippen LogP contribution in [0.15, 0.2) is 42.2 Å². The van der Waals surface area contributed by atoms with Crippen molar-refractivity contribution in [2.75, 3.05) is 0 Å². The molecular formula is C30H52. The molecule has 3 aliphatic carbocycles. The Kier molecular flexibility index (Phi) is 9.50. The molecule has 0 aliphatic heterocycles. The van der Waals surface area contributed by atoms with Crippen molar-refractivity contribution in [3.8, 4) is 0 Å². The average Bonchev–Trinajstić information content (AvgIpc) is 2.69. The lowest BCUT2D eigenvalue weighted by Gasteiger charge is -2.51. The molecule has 0 amide bonds. The van der Waals surface area contributed by atoms with Crippen LogP contribution in [0, 0.1) is 39.9 Å². The number of allylic oxidation sites excluding steroid dienone is 3. The maximum Gasteiger partial charge on any atom is -0.00374 e. The molecular weight excluding hydrogens is 360 g/mol. The first-order valence-electron chi connectivity index (χ1n) is 12.6. The highest BCUT2D eigenvalue weighted by Crippen LogP contribution is 2.53. The van der Waals surface area contributed by atoms with Gasteiger partial charge in [0.2, 0.25) is 0 Å². The summed E-state index contributed by atoms with van der Waals surface area (Å²) in [4.78, 5) is 0. The second-order valence-corrected chi connectivity index (χ2v) is 11.6. The Bertz CT molecular complexity index is 648. The largest absolute Gasteiger partial charge is 0.126 e. The Labute approximate surface area is 190 Å². The van der Waals surface area contributed by atoms with Gasteiger partial charge in [-0.2, -0.15) is 0 Å². The van der Waals surface area contributed by atoms with E-state index in [0.717, 1.165) is 23.7 Å². The quantitative estimate of drug-likeness (QED) is 0.318. The van der Waals surface area contributed by atoms with Crippen molar-refractivity contribution >= 4 is 0 Å². The molecule has 0 heteroatoms. The van der Waals surface area contributed by atoms with Gasteiger partial charge >= 0.3 is 0 Å². The Hall–Kier alpha value is -1.00. The van der Waals surface area contributed by atoms with Gasteiger partial charge in [0, 0.05) is 0 Å². The number of hydrogen-bond acceptors (Lipinski definition) is 0. The normalized spacial score (nSPS) is 31.8. The molecule has 0 nitrogen and oxygen atoms in total. The molecule has 0 radical (unpaired) electrons. The second kappa shape index (κ2) is 10.5. The molecule has 0 N–H and O–H groups in total. The summed E-state index contributed by atoms with van der Waals surface area (Å²) in [6, 6.07) is 0. The molecule has 0 bridgehead atoms. The summed E-state index contributed by atoms with van der Waals surface area (Å²) in [5.41, 5.74) is 7.70. The molecule has 0 aromatic heterocycles. The summed E-state index contributed by atoms with van der Waals surface area (Å²) in [6.07, 6.45) is 12.0. The average molecular weight is 413 g/mol. The fraction of sp³-hybridized carbons (Fsp3) is 0.767. The fourth-order valence-corrected chi connectivity index (χ4v) is 5.73. The van der Waals surface area contributed by atoms with Crippen molar-refractivity contribution in [2.45, 2.75) is 108 Å². The van der Waals surface area contributed by atoms with E-state index >= 15 is 0 Å². The van der Waals surface area contributed by atoms with Gasteiger partial charge in [0.05, 0.1) is 0 Å². The lowest BCUT2D eigenvalue weighted by molar-refractivity contribution is 0.00949. The molecule has 0 aromatic carbocycles.